The Bertz CT molecular complexity index is 728. The molecule has 9 heteroatoms. The smallest absolute Gasteiger partial charge is 0.274 e. The van der Waals surface area contributed by atoms with Gasteiger partial charge in [-0.05, 0) is 19.4 Å². The Kier molecular flexibility index (Phi) is 4.55. The lowest BCUT2D eigenvalue weighted by molar-refractivity contribution is -0.404. The highest BCUT2D eigenvalue weighted by Gasteiger charge is 2.63. The van der Waals surface area contributed by atoms with Crippen LogP contribution in [-0.4, -0.2) is 47.9 Å². The standard InChI is InChI=1S/C18H23N3O6/c1-17(2)25-14-15(24-9-12-6-4-3-5-7-12)18(27-16(14)26-17)10-19-13(20-11-18)8-21(22)23/h3-8,14-16,19-20H,9-11H2,1-2H3/t14-,15-,16+,18?/m1/s1. The number of ether oxygens (including phenoxy) is 4. The van der Waals surface area contributed by atoms with E-state index in [2.05, 4.69) is 10.6 Å². The molecule has 3 heterocycles. The van der Waals surface area contributed by atoms with Gasteiger partial charge in [0, 0.05) is 13.1 Å². The molecule has 0 bridgehead atoms. The maximum absolute atomic E-state index is 10.7. The molecule has 3 fully saturated rings. The largest absolute Gasteiger partial charge is 0.367 e. The molecule has 1 spiro atoms. The fourth-order valence-corrected chi connectivity index (χ4v) is 3.75. The topological polar surface area (TPSA) is 104 Å². The quantitative estimate of drug-likeness (QED) is 0.594. The van der Waals surface area contributed by atoms with E-state index >= 15 is 0 Å². The summed E-state index contributed by atoms with van der Waals surface area (Å²) in [5, 5.41) is 16.7. The molecule has 9 nitrogen and oxygen atoms in total. The number of nitrogens with one attached hydrogen (secondary N) is 2. The molecular weight excluding hydrogens is 354 g/mol. The molecule has 0 unspecified atom stereocenters. The average Bonchev–Trinajstić information content (AvgIpc) is 3.04. The van der Waals surface area contributed by atoms with E-state index in [1.165, 1.54) is 0 Å². The van der Waals surface area contributed by atoms with Crippen molar-refractivity contribution in [2.75, 3.05) is 13.1 Å². The molecule has 1 aromatic carbocycles. The second-order valence-corrected chi connectivity index (χ2v) is 7.40. The molecule has 0 saturated carbocycles. The first-order valence-electron chi connectivity index (χ1n) is 8.89. The van der Waals surface area contributed by atoms with Crippen molar-refractivity contribution < 1.29 is 23.9 Å². The normalized spacial score (nSPS) is 34.0. The Morgan fingerprint density at radius 1 is 1.22 bits per heavy atom. The van der Waals surface area contributed by atoms with Crippen molar-refractivity contribution in [3.8, 4) is 0 Å². The Morgan fingerprint density at radius 2 is 1.93 bits per heavy atom. The van der Waals surface area contributed by atoms with Gasteiger partial charge in [0.15, 0.2) is 17.9 Å². The number of nitrogens with zero attached hydrogens (tertiary/aromatic N) is 1. The van der Waals surface area contributed by atoms with Crippen LogP contribution in [0.2, 0.25) is 0 Å². The molecule has 3 saturated heterocycles. The van der Waals surface area contributed by atoms with Gasteiger partial charge in [-0.1, -0.05) is 30.3 Å². The van der Waals surface area contributed by atoms with Gasteiger partial charge in [0.25, 0.3) is 6.20 Å². The lowest BCUT2D eigenvalue weighted by Crippen LogP contribution is -2.62. The second-order valence-electron chi connectivity index (χ2n) is 7.40. The molecule has 3 aliphatic rings. The second kappa shape index (κ2) is 6.75. The van der Waals surface area contributed by atoms with Gasteiger partial charge in [-0.2, -0.15) is 0 Å². The summed E-state index contributed by atoms with van der Waals surface area (Å²) in [4.78, 5) is 10.2. The SMILES string of the molecule is CC1(C)O[C@H]2OC3(CNC(=C[N+](=O)[O-])NC3)[C@H](OCc3ccccc3)[C@H]2O1. The first kappa shape index (κ1) is 18.2. The van der Waals surface area contributed by atoms with Crippen LogP contribution in [0, 0.1) is 10.1 Å². The van der Waals surface area contributed by atoms with E-state index in [0.29, 0.717) is 25.5 Å². The summed E-state index contributed by atoms with van der Waals surface area (Å²) in [6.45, 7) is 4.77. The zero-order valence-electron chi connectivity index (χ0n) is 15.2. The van der Waals surface area contributed by atoms with Gasteiger partial charge < -0.3 is 29.6 Å². The van der Waals surface area contributed by atoms with Crippen LogP contribution in [0.1, 0.15) is 19.4 Å². The number of nitro groups is 1. The summed E-state index contributed by atoms with van der Waals surface area (Å²) in [6, 6.07) is 9.85. The van der Waals surface area contributed by atoms with Gasteiger partial charge in [-0.25, -0.2) is 0 Å². The number of benzene rings is 1. The van der Waals surface area contributed by atoms with E-state index in [4.69, 9.17) is 18.9 Å². The summed E-state index contributed by atoms with van der Waals surface area (Å²) in [5.74, 6) is -0.410. The molecular formula is C18H23N3O6. The van der Waals surface area contributed by atoms with Crippen LogP contribution >= 0.6 is 0 Å². The Balaban J connectivity index is 1.52. The molecule has 3 aliphatic heterocycles. The van der Waals surface area contributed by atoms with Gasteiger partial charge in [-0.3, -0.25) is 10.1 Å². The van der Waals surface area contributed by atoms with Gasteiger partial charge in [0.2, 0.25) is 0 Å². The number of fused-ring (bicyclic) bond motifs is 1. The monoisotopic (exact) mass is 377 g/mol. The predicted octanol–water partition coefficient (Wildman–Crippen LogP) is 1.09. The van der Waals surface area contributed by atoms with Crippen LogP contribution in [0.4, 0.5) is 0 Å². The van der Waals surface area contributed by atoms with Gasteiger partial charge >= 0.3 is 0 Å². The number of hydrogen-bond acceptors (Lipinski definition) is 8. The van der Waals surface area contributed by atoms with Crippen molar-refractivity contribution in [1.29, 1.82) is 0 Å². The molecule has 0 aliphatic carbocycles. The maximum Gasteiger partial charge on any atom is 0.274 e. The molecule has 27 heavy (non-hydrogen) atoms. The highest BCUT2D eigenvalue weighted by Crippen LogP contribution is 2.44. The average molecular weight is 377 g/mol. The van der Waals surface area contributed by atoms with Crippen LogP contribution < -0.4 is 10.6 Å². The summed E-state index contributed by atoms with van der Waals surface area (Å²) >= 11 is 0. The molecule has 3 atom stereocenters. The van der Waals surface area contributed by atoms with E-state index in [9.17, 15) is 10.1 Å². The van der Waals surface area contributed by atoms with E-state index in [1.54, 1.807) is 0 Å². The van der Waals surface area contributed by atoms with E-state index < -0.39 is 28.7 Å². The summed E-state index contributed by atoms with van der Waals surface area (Å²) in [6.07, 6.45) is -0.432. The minimum Gasteiger partial charge on any atom is -0.367 e. The van der Waals surface area contributed by atoms with Crippen molar-refractivity contribution in [3.63, 3.8) is 0 Å². The zero-order valence-corrected chi connectivity index (χ0v) is 15.2. The van der Waals surface area contributed by atoms with Crippen LogP contribution in [0.15, 0.2) is 42.4 Å². The zero-order chi connectivity index (χ0) is 19.1. The lowest BCUT2D eigenvalue weighted by atomic mass is 9.93. The third-order valence-electron chi connectivity index (χ3n) is 4.92. The molecule has 1 aromatic rings. The van der Waals surface area contributed by atoms with E-state index in [0.717, 1.165) is 11.8 Å². The van der Waals surface area contributed by atoms with Gasteiger partial charge in [0.05, 0.1) is 11.5 Å². The lowest BCUT2D eigenvalue weighted by Gasteiger charge is -2.40. The van der Waals surface area contributed by atoms with Crippen molar-refractivity contribution in [2.45, 2.75) is 50.3 Å². The van der Waals surface area contributed by atoms with Gasteiger partial charge in [-0.15, -0.1) is 0 Å². The van der Waals surface area contributed by atoms with Crippen LogP contribution in [0.5, 0.6) is 0 Å². The van der Waals surface area contributed by atoms with Crippen LogP contribution in [0.3, 0.4) is 0 Å². The molecule has 2 N–H and O–H groups in total. The van der Waals surface area contributed by atoms with Gasteiger partial charge in [0.1, 0.15) is 17.8 Å². The van der Waals surface area contributed by atoms with Crippen LogP contribution in [-0.2, 0) is 25.6 Å². The molecule has 0 radical (unpaired) electrons. The maximum atomic E-state index is 10.7. The first-order chi connectivity index (χ1) is 12.9. The fraction of sp³-hybridized carbons (Fsp3) is 0.556. The summed E-state index contributed by atoms with van der Waals surface area (Å²) in [5.41, 5.74) is 0.286. The first-order valence-corrected chi connectivity index (χ1v) is 8.89. The highest BCUT2D eigenvalue weighted by molar-refractivity contribution is 5.16. The molecule has 146 valence electrons. The van der Waals surface area contributed by atoms with Crippen LogP contribution in [0.25, 0.3) is 0 Å². The predicted molar refractivity (Wildman–Crippen MR) is 93.7 cm³/mol. The van der Waals surface area contributed by atoms with Crippen molar-refractivity contribution in [2.24, 2.45) is 0 Å². The van der Waals surface area contributed by atoms with Crippen molar-refractivity contribution in [1.82, 2.24) is 10.6 Å². The van der Waals surface area contributed by atoms with Crippen molar-refractivity contribution in [3.05, 3.63) is 58.0 Å². The molecule has 4 rings (SSSR count). The summed E-state index contributed by atoms with van der Waals surface area (Å²) in [7, 11) is 0. The minimum atomic E-state index is -0.755. The molecule has 0 amide bonds. The Labute approximate surface area is 156 Å². The Morgan fingerprint density at radius 3 is 2.59 bits per heavy atom. The highest BCUT2D eigenvalue weighted by atomic mass is 16.8. The number of hydrogen-bond donors (Lipinski definition) is 2. The third kappa shape index (κ3) is 3.63. The van der Waals surface area contributed by atoms with Crippen molar-refractivity contribution >= 4 is 0 Å². The van der Waals surface area contributed by atoms with E-state index in [-0.39, 0.29) is 6.10 Å². The third-order valence-corrected chi connectivity index (χ3v) is 4.92. The minimum absolute atomic E-state index is 0.343. The molecule has 0 aromatic heterocycles. The number of rotatable bonds is 4. The van der Waals surface area contributed by atoms with E-state index in [1.807, 2.05) is 44.2 Å². The fourth-order valence-electron chi connectivity index (χ4n) is 3.75. The summed E-state index contributed by atoms with van der Waals surface area (Å²) < 4.78 is 24.4. The Hall–Kier alpha value is -2.20.